The van der Waals surface area contributed by atoms with E-state index in [0.29, 0.717) is 5.82 Å². The van der Waals surface area contributed by atoms with Crippen molar-refractivity contribution < 1.29 is 0 Å². The van der Waals surface area contributed by atoms with Crippen LogP contribution in [-0.4, -0.2) is 36.1 Å². The molecule has 1 fully saturated rings. The van der Waals surface area contributed by atoms with E-state index in [1.54, 1.807) is 12.4 Å². The minimum Gasteiger partial charge on any atom is -0.382 e. The van der Waals surface area contributed by atoms with Crippen molar-refractivity contribution in [1.29, 1.82) is 0 Å². The first kappa shape index (κ1) is 9.88. The Morgan fingerprint density at radius 3 is 1.92 bits per heavy atom. The Balaban J connectivity index is 0.000000132. The van der Waals surface area contributed by atoms with Crippen LogP contribution in [0.1, 0.15) is 0 Å². The van der Waals surface area contributed by atoms with Crippen molar-refractivity contribution >= 4 is 5.82 Å². The molecule has 1 aliphatic rings. The van der Waals surface area contributed by atoms with Crippen LogP contribution in [0, 0.1) is 0 Å². The van der Waals surface area contributed by atoms with Crippen LogP contribution in [0.5, 0.6) is 0 Å². The van der Waals surface area contributed by atoms with E-state index in [9.17, 15) is 0 Å². The topological polar surface area (TPSA) is 75.9 Å². The number of nitrogens with zero attached hydrogens (tertiary/aromatic N) is 2. The van der Waals surface area contributed by atoms with Crippen molar-refractivity contribution in [3.8, 4) is 0 Å². The van der Waals surface area contributed by atoms with Gasteiger partial charge in [0.15, 0.2) is 0 Å². The molecule has 0 spiro atoms. The van der Waals surface area contributed by atoms with Gasteiger partial charge in [-0.1, -0.05) is 0 Å². The molecule has 1 saturated heterocycles. The predicted molar refractivity (Wildman–Crippen MR) is 52.2 cm³/mol. The van der Waals surface area contributed by atoms with Crippen LogP contribution in [0.2, 0.25) is 0 Å². The molecule has 2 heterocycles. The average molecular weight is 181 g/mol. The van der Waals surface area contributed by atoms with E-state index >= 15 is 0 Å². The SMILES string of the molecule is C1CNCCN1.Nc1cnccn1. The molecule has 1 aromatic rings. The van der Waals surface area contributed by atoms with Gasteiger partial charge in [-0.2, -0.15) is 0 Å². The molecule has 0 atom stereocenters. The zero-order chi connectivity index (χ0) is 9.36. The van der Waals surface area contributed by atoms with Gasteiger partial charge in [-0.05, 0) is 0 Å². The predicted octanol–water partition coefficient (Wildman–Crippen LogP) is -0.762. The first-order valence-electron chi connectivity index (χ1n) is 4.32. The molecule has 0 unspecified atom stereocenters. The minimum absolute atomic E-state index is 0.461. The number of nitrogens with one attached hydrogen (secondary N) is 2. The highest BCUT2D eigenvalue weighted by atomic mass is 15.0. The molecule has 1 aliphatic heterocycles. The van der Waals surface area contributed by atoms with Crippen molar-refractivity contribution in [2.75, 3.05) is 31.9 Å². The lowest BCUT2D eigenvalue weighted by molar-refractivity contribution is 0.534. The van der Waals surface area contributed by atoms with Crippen molar-refractivity contribution in [3.63, 3.8) is 0 Å². The lowest BCUT2D eigenvalue weighted by atomic mass is 10.4. The van der Waals surface area contributed by atoms with Crippen LogP contribution in [0.4, 0.5) is 5.82 Å². The van der Waals surface area contributed by atoms with E-state index in [0.717, 1.165) is 26.2 Å². The van der Waals surface area contributed by atoms with Crippen LogP contribution < -0.4 is 16.4 Å². The summed E-state index contributed by atoms with van der Waals surface area (Å²) in [7, 11) is 0. The number of nitrogens with two attached hydrogens (primary N) is 1. The van der Waals surface area contributed by atoms with Crippen molar-refractivity contribution in [2.24, 2.45) is 0 Å². The van der Waals surface area contributed by atoms with Crippen molar-refractivity contribution in [1.82, 2.24) is 20.6 Å². The van der Waals surface area contributed by atoms with Gasteiger partial charge in [-0.3, -0.25) is 4.98 Å². The second-order valence-electron chi connectivity index (χ2n) is 2.63. The number of anilines is 1. The fourth-order valence-electron chi connectivity index (χ4n) is 0.914. The average Bonchev–Trinajstić information content (AvgIpc) is 2.22. The highest BCUT2D eigenvalue weighted by molar-refractivity contribution is 5.20. The second kappa shape index (κ2) is 6.33. The first-order chi connectivity index (χ1) is 6.39. The summed E-state index contributed by atoms with van der Waals surface area (Å²) in [5.74, 6) is 0.461. The molecule has 0 saturated carbocycles. The highest BCUT2D eigenvalue weighted by Crippen LogP contribution is 1.84. The summed E-state index contributed by atoms with van der Waals surface area (Å²) in [6, 6.07) is 0. The highest BCUT2D eigenvalue weighted by Gasteiger charge is 1.91. The third-order valence-electron chi connectivity index (χ3n) is 1.54. The fourth-order valence-corrected chi connectivity index (χ4v) is 0.914. The van der Waals surface area contributed by atoms with E-state index in [2.05, 4.69) is 20.6 Å². The first-order valence-corrected chi connectivity index (χ1v) is 4.32. The molecule has 4 N–H and O–H groups in total. The molecule has 0 aromatic carbocycles. The van der Waals surface area contributed by atoms with Crippen LogP contribution in [0.3, 0.4) is 0 Å². The standard InChI is InChI=1S/C4H5N3.C4H10N2/c5-4-3-6-1-2-7-4;1-2-6-4-3-5-1/h1-3H,(H2,5,7);5-6H,1-4H2. The van der Waals surface area contributed by atoms with Gasteiger partial charge in [0, 0.05) is 38.6 Å². The maximum absolute atomic E-state index is 5.18. The van der Waals surface area contributed by atoms with Crippen LogP contribution in [0.25, 0.3) is 0 Å². The number of aromatic nitrogens is 2. The number of piperazine rings is 1. The summed E-state index contributed by atoms with van der Waals surface area (Å²) in [4.78, 5) is 7.39. The summed E-state index contributed by atoms with van der Waals surface area (Å²) in [5, 5.41) is 6.44. The zero-order valence-corrected chi connectivity index (χ0v) is 7.53. The minimum atomic E-state index is 0.461. The maximum atomic E-state index is 5.18. The summed E-state index contributed by atoms with van der Waals surface area (Å²) in [6.45, 7) is 4.56. The van der Waals surface area contributed by atoms with Gasteiger partial charge in [0.05, 0.1) is 6.20 Å². The number of rotatable bonds is 0. The Morgan fingerprint density at radius 2 is 1.69 bits per heavy atom. The Morgan fingerprint density at radius 1 is 1.08 bits per heavy atom. The maximum Gasteiger partial charge on any atom is 0.141 e. The Hall–Kier alpha value is -1.20. The van der Waals surface area contributed by atoms with Gasteiger partial charge in [0.2, 0.25) is 0 Å². The Kier molecular flexibility index (Phi) is 4.81. The van der Waals surface area contributed by atoms with Crippen LogP contribution in [0.15, 0.2) is 18.6 Å². The summed E-state index contributed by atoms with van der Waals surface area (Å²) in [6.07, 6.45) is 4.63. The molecule has 0 radical (unpaired) electrons. The molecule has 0 amide bonds. The number of nitrogen functional groups attached to an aromatic ring is 1. The quantitative estimate of drug-likeness (QED) is 0.490. The van der Waals surface area contributed by atoms with Gasteiger partial charge < -0.3 is 16.4 Å². The molecule has 5 nitrogen and oxygen atoms in total. The normalized spacial score (nSPS) is 15.7. The molecule has 0 bridgehead atoms. The van der Waals surface area contributed by atoms with Gasteiger partial charge >= 0.3 is 0 Å². The lowest BCUT2D eigenvalue weighted by Gasteiger charge is -2.11. The monoisotopic (exact) mass is 181 g/mol. The summed E-state index contributed by atoms with van der Waals surface area (Å²) < 4.78 is 0. The molecule has 5 heteroatoms. The third kappa shape index (κ3) is 5.10. The Bertz CT molecular complexity index is 198. The summed E-state index contributed by atoms with van der Waals surface area (Å²) in [5.41, 5.74) is 5.18. The Labute approximate surface area is 77.8 Å². The van der Waals surface area contributed by atoms with E-state index in [4.69, 9.17) is 5.73 Å². The molecule has 13 heavy (non-hydrogen) atoms. The second-order valence-corrected chi connectivity index (χ2v) is 2.63. The van der Waals surface area contributed by atoms with E-state index < -0.39 is 0 Å². The lowest BCUT2D eigenvalue weighted by Crippen LogP contribution is -2.39. The number of hydrogen-bond acceptors (Lipinski definition) is 5. The van der Waals surface area contributed by atoms with E-state index in [1.165, 1.54) is 6.20 Å². The van der Waals surface area contributed by atoms with Gasteiger partial charge in [0.25, 0.3) is 0 Å². The molecule has 2 rings (SSSR count). The van der Waals surface area contributed by atoms with Gasteiger partial charge in [-0.15, -0.1) is 0 Å². The van der Waals surface area contributed by atoms with Crippen LogP contribution in [-0.2, 0) is 0 Å². The smallest absolute Gasteiger partial charge is 0.141 e. The fraction of sp³-hybridized carbons (Fsp3) is 0.500. The van der Waals surface area contributed by atoms with Crippen LogP contribution >= 0.6 is 0 Å². The van der Waals surface area contributed by atoms with Crippen molar-refractivity contribution in [3.05, 3.63) is 18.6 Å². The molecule has 72 valence electrons. The summed E-state index contributed by atoms with van der Waals surface area (Å²) >= 11 is 0. The number of hydrogen-bond donors (Lipinski definition) is 3. The third-order valence-corrected chi connectivity index (χ3v) is 1.54. The molecular formula is C8H15N5. The molecule has 0 aliphatic carbocycles. The molecule has 1 aromatic heterocycles. The van der Waals surface area contributed by atoms with Gasteiger partial charge in [-0.25, -0.2) is 4.98 Å². The van der Waals surface area contributed by atoms with Crippen molar-refractivity contribution in [2.45, 2.75) is 0 Å². The zero-order valence-electron chi connectivity index (χ0n) is 7.53. The van der Waals surface area contributed by atoms with E-state index in [1.807, 2.05) is 0 Å². The van der Waals surface area contributed by atoms with Gasteiger partial charge in [0.1, 0.15) is 5.82 Å². The largest absolute Gasteiger partial charge is 0.382 e. The van der Waals surface area contributed by atoms with E-state index in [-0.39, 0.29) is 0 Å². The molecular weight excluding hydrogens is 166 g/mol.